The molecule has 6 heteroatoms. The molecule has 0 saturated carbocycles. The van der Waals surface area contributed by atoms with Crippen LogP contribution in [0.25, 0.3) is 11.0 Å². The predicted molar refractivity (Wildman–Crippen MR) is 146 cm³/mol. The number of benzene rings is 3. The van der Waals surface area contributed by atoms with Crippen molar-refractivity contribution in [2.45, 2.75) is 38.8 Å². The number of nitrogens with one attached hydrogen (secondary N) is 1. The summed E-state index contributed by atoms with van der Waals surface area (Å²) in [5.41, 5.74) is 4.73. The van der Waals surface area contributed by atoms with Crippen molar-refractivity contribution in [2.24, 2.45) is 0 Å². The molecule has 3 aromatic carbocycles. The summed E-state index contributed by atoms with van der Waals surface area (Å²) in [5, 5.41) is 26.9. The van der Waals surface area contributed by atoms with Gasteiger partial charge in [-0.3, -0.25) is 4.79 Å². The highest BCUT2D eigenvalue weighted by molar-refractivity contribution is 5.83. The van der Waals surface area contributed by atoms with Gasteiger partial charge in [0, 0.05) is 11.5 Å². The third-order valence-electron chi connectivity index (χ3n) is 6.94. The number of furan rings is 1. The van der Waals surface area contributed by atoms with Gasteiger partial charge < -0.3 is 20.0 Å². The van der Waals surface area contributed by atoms with Crippen molar-refractivity contribution in [1.29, 1.82) is 0 Å². The Morgan fingerprint density at radius 3 is 2.55 bits per heavy atom. The SMILES string of the molecule is Cc1ccc([C@@H](NC(=O)Cc2ccc3oc(C(C)(O)c4ccc[n+]([O-])c4)cc3c2)c2ccccc2)c(C)c1. The normalized spacial score (nSPS) is 13.7. The topological polar surface area (TPSA) is 89.4 Å². The molecule has 0 radical (unpaired) electrons. The first-order valence-electron chi connectivity index (χ1n) is 12.6. The van der Waals surface area contributed by atoms with Gasteiger partial charge >= 0.3 is 0 Å². The number of rotatable bonds is 7. The summed E-state index contributed by atoms with van der Waals surface area (Å²) in [4.78, 5) is 13.3. The molecular weight excluding hydrogens is 476 g/mol. The van der Waals surface area contributed by atoms with E-state index in [1.54, 1.807) is 31.2 Å². The van der Waals surface area contributed by atoms with Gasteiger partial charge in [0.25, 0.3) is 0 Å². The van der Waals surface area contributed by atoms with Gasteiger partial charge in [-0.05, 0) is 67.3 Å². The molecule has 2 N–H and O–H groups in total. The quantitative estimate of drug-likeness (QED) is 0.229. The standard InChI is InChI=1S/C32H30N2O4/c1-21-11-13-27(22(2)16-21)31(24-8-5-4-6-9-24)33-30(35)18-23-12-14-28-25(17-23)19-29(38-28)32(3,36)26-10-7-15-34(37)20-26/h4-17,19-20,31,36H,18H2,1-3H3,(H,33,35)/t31-,32?/m0/s1. The van der Waals surface area contributed by atoms with Gasteiger partial charge in [0.2, 0.25) is 5.91 Å². The number of fused-ring (bicyclic) bond motifs is 1. The van der Waals surface area contributed by atoms with Crippen LogP contribution >= 0.6 is 0 Å². The van der Waals surface area contributed by atoms with E-state index in [1.165, 1.54) is 18.0 Å². The summed E-state index contributed by atoms with van der Waals surface area (Å²) >= 11 is 0. The van der Waals surface area contributed by atoms with Crippen LogP contribution in [0.5, 0.6) is 0 Å². The molecule has 2 heterocycles. The minimum atomic E-state index is -1.49. The number of nitrogens with zero attached hydrogens (tertiary/aromatic N) is 1. The molecule has 1 amide bonds. The molecular formula is C32H30N2O4. The Kier molecular flexibility index (Phi) is 6.74. The number of carbonyl (C=O) groups excluding carboxylic acids is 1. The fraction of sp³-hybridized carbons (Fsp3) is 0.188. The lowest BCUT2D eigenvalue weighted by Gasteiger charge is -2.22. The first-order chi connectivity index (χ1) is 18.2. The van der Waals surface area contributed by atoms with Crippen molar-refractivity contribution in [3.8, 4) is 0 Å². The van der Waals surface area contributed by atoms with Crippen molar-refractivity contribution < 1.29 is 19.0 Å². The minimum absolute atomic E-state index is 0.0989. The molecule has 192 valence electrons. The molecule has 0 spiro atoms. The summed E-state index contributed by atoms with van der Waals surface area (Å²) in [6.07, 6.45) is 2.87. The average Bonchev–Trinajstić information content (AvgIpc) is 3.33. The first kappa shape index (κ1) is 25.2. The van der Waals surface area contributed by atoms with Crippen LogP contribution in [0.1, 0.15) is 52.1 Å². The second kappa shape index (κ2) is 10.1. The van der Waals surface area contributed by atoms with Crippen LogP contribution in [0.2, 0.25) is 0 Å². The Labute approximate surface area is 221 Å². The number of hydrogen-bond donors (Lipinski definition) is 2. The van der Waals surface area contributed by atoms with E-state index in [1.807, 2.05) is 42.5 Å². The number of amides is 1. The molecule has 2 aromatic heterocycles. The highest BCUT2D eigenvalue weighted by atomic mass is 16.5. The van der Waals surface area contributed by atoms with Gasteiger partial charge in [0.1, 0.15) is 16.9 Å². The highest BCUT2D eigenvalue weighted by Crippen LogP contribution is 2.33. The van der Waals surface area contributed by atoms with E-state index in [-0.39, 0.29) is 18.4 Å². The molecule has 0 fully saturated rings. The largest absolute Gasteiger partial charge is 0.619 e. The Morgan fingerprint density at radius 1 is 1.03 bits per heavy atom. The molecule has 0 bridgehead atoms. The monoisotopic (exact) mass is 506 g/mol. The van der Waals surface area contributed by atoms with Gasteiger partial charge in [-0.15, -0.1) is 0 Å². The lowest BCUT2D eigenvalue weighted by Crippen LogP contribution is -2.31. The molecule has 38 heavy (non-hydrogen) atoms. The fourth-order valence-corrected chi connectivity index (χ4v) is 4.86. The van der Waals surface area contributed by atoms with Gasteiger partial charge in [-0.1, -0.05) is 60.2 Å². The number of hydrogen-bond acceptors (Lipinski definition) is 4. The Hall–Kier alpha value is -4.42. The maximum absolute atomic E-state index is 13.3. The van der Waals surface area contributed by atoms with Gasteiger partial charge in [0.15, 0.2) is 12.4 Å². The second-order valence-corrected chi connectivity index (χ2v) is 9.96. The van der Waals surface area contributed by atoms with Crippen LogP contribution in [0.4, 0.5) is 0 Å². The minimum Gasteiger partial charge on any atom is -0.619 e. The number of aliphatic hydroxyl groups is 1. The Morgan fingerprint density at radius 2 is 1.82 bits per heavy atom. The van der Waals surface area contributed by atoms with E-state index >= 15 is 0 Å². The number of carbonyl (C=O) groups is 1. The average molecular weight is 507 g/mol. The van der Waals surface area contributed by atoms with Gasteiger partial charge in [0.05, 0.1) is 18.0 Å². The van der Waals surface area contributed by atoms with Crippen LogP contribution < -0.4 is 10.0 Å². The molecule has 0 aliphatic rings. The molecule has 1 unspecified atom stereocenters. The van der Waals surface area contributed by atoms with Crippen molar-refractivity contribution in [2.75, 3.05) is 0 Å². The molecule has 5 rings (SSSR count). The van der Waals surface area contributed by atoms with Gasteiger partial charge in [-0.25, -0.2) is 0 Å². The van der Waals surface area contributed by atoms with Crippen LogP contribution in [0.3, 0.4) is 0 Å². The number of aryl methyl sites for hydroxylation is 2. The Bertz CT molecular complexity index is 1600. The van der Waals surface area contributed by atoms with E-state index in [4.69, 9.17) is 4.42 Å². The highest BCUT2D eigenvalue weighted by Gasteiger charge is 2.32. The first-order valence-corrected chi connectivity index (χ1v) is 12.6. The van der Waals surface area contributed by atoms with Crippen LogP contribution in [0, 0.1) is 19.1 Å². The fourth-order valence-electron chi connectivity index (χ4n) is 4.86. The zero-order chi connectivity index (χ0) is 26.9. The van der Waals surface area contributed by atoms with E-state index in [0.717, 1.165) is 27.6 Å². The van der Waals surface area contributed by atoms with E-state index in [0.29, 0.717) is 21.6 Å². The van der Waals surface area contributed by atoms with Crippen LogP contribution in [-0.2, 0) is 16.8 Å². The molecule has 0 saturated heterocycles. The molecule has 5 aromatic rings. The van der Waals surface area contributed by atoms with E-state index < -0.39 is 5.60 Å². The molecule has 6 nitrogen and oxygen atoms in total. The van der Waals surface area contributed by atoms with Gasteiger partial charge in [-0.2, -0.15) is 4.73 Å². The summed E-state index contributed by atoms with van der Waals surface area (Å²) in [5.74, 6) is 0.220. The van der Waals surface area contributed by atoms with Crippen LogP contribution in [0.15, 0.2) is 102 Å². The zero-order valence-electron chi connectivity index (χ0n) is 21.6. The van der Waals surface area contributed by atoms with Crippen molar-refractivity contribution in [3.63, 3.8) is 0 Å². The summed E-state index contributed by atoms with van der Waals surface area (Å²) in [6, 6.07) is 26.5. The van der Waals surface area contributed by atoms with E-state index in [2.05, 4.69) is 37.4 Å². The lowest BCUT2D eigenvalue weighted by atomic mass is 9.93. The maximum Gasteiger partial charge on any atom is 0.225 e. The van der Waals surface area contributed by atoms with Crippen molar-refractivity contribution in [3.05, 3.63) is 142 Å². The van der Waals surface area contributed by atoms with E-state index in [9.17, 15) is 15.1 Å². The third kappa shape index (κ3) is 5.17. The second-order valence-electron chi connectivity index (χ2n) is 9.96. The number of aromatic nitrogens is 1. The predicted octanol–water partition coefficient (Wildman–Crippen LogP) is 5.39. The summed E-state index contributed by atoms with van der Waals surface area (Å²) < 4.78 is 6.57. The summed E-state index contributed by atoms with van der Waals surface area (Å²) in [6.45, 7) is 5.71. The summed E-state index contributed by atoms with van der Waals surface area (Å²) in [7, 11) is 0. The van der Waals surface area contributed by atoms with Crippen LogP contribution in [-0.4, -0.2) is 11.0 Å². The zero-order valence-corrected chi connectivity index (χ0v) is 21.6. The lowest BCUT2D eigenvalue weighted by molar-refractivity contribution is -0.606. The van der Waals surface area contributed by atoms with Crippen molar-refractivity contribution in [1.82, 2.24) is 5.32 Å². The molecule has 2 atom stereocenters. The maximum atomic E-state index is 13.3. The number of pyridine rings is 1. The smallest absolute Gasteiger partial charge is 0.225 e. The van der Waals surface area contributed by atoms with Crippen molar-refractivity contribution >= 4 is 16.9 Å². The Balaban J connectivity index is 1.39. The molecule has 0 aliphatic carbocycles. The molecule has 0 aliphatic heterocycles. The third-order valence-corrected chi connectivity index (χ3v) is 6.94.